The Morgan fingerprint density at radius 1 is 0.833 bits per heavy atom. The number of aromatic nitrogens is 2. The van der Waals surface area contributed by atoms with Crippen LogP contribution in [0.25, 0.3) is 0 Å². The van der Waals surface area contributed by atoms with Gasteiger partial charge in [-0.15, -0.1) is 0 Å². The van der Waals surface area contributed by atoms with E-state index in [0.717, 1.165) is 25.1 Å². The lowest BCUT2D eigenvalue weighted by Gasteiger charge is -2.07. The molecule has 3 heteroatoms. The van der Waals surface area contributed by atoms with Crippen molar-refractivity contribution in [3.05, 3.63) is 88.7 Å². The molecule has 0 radical (unpaired) electrons. The molecule has 3 nitrogen and oxygen atoms in total. The summed E-state index contributed by atoms with van der Waals surface area (Å²) in [5, 5.41) is 3.31. The van der Waals surface area contributed by atoms with Crippen LogP contribution >= 0.6 is 0 Å². The molecule has 0 bridgehead atoms. The predicted molar refractivity (Wildman–Crippen MR) is 99.1 cm³/mol. The predicted octanol–water partition coefficient (Wildman–Crippen LogP) is 4.49. The maximum absolute atomic E-state index is 4.63. The van der Waals surface area contributed by atoms with Crippen LogP contribution in [0.5, 0.6) is 0 Å². The van der Waals surface area contributed by atoms with E-state index >= 15 is 0 Å². The first-order chi connectivity index (χ1) is 11.7. The molecule has 0 unspecified atom stereocenters. The standard InChI is InChI=1S/C21H23N3/c1-16-5-3-7-18(13-16)9-10-20-11-12-22-21(24-20)23-15-19-8-4-6-17(2)14-19/h3-8,11-14H,9-10,15H2,1-2H3,(H,22,23,24). The van der Waals surface area contributed by atoms with Gasteiger partial charge in [-0.2, -0.15) is 0 Å². The van der Waals surface area contributed by atoms with E-state index < -0.39 is 0 Å². The summed E-state index contributed by atoms with van der Waals surface area (Å²) in [5.74, 6) is 0.693. The molecule has 1 heterocycles. The Kier molecular flexibility index (Phi) is 5.22. The van der Waals surface area contributed by atoms with Crippen LogP contribution in [0, 0.1) is 13.8 Å². The Morgan fingerprint density at radius 3 is 2.29 bits per heavy atom. The molecule has 0 aliphatic rings. The zero-order chi connectivity index (χ0) is 16.8. The van der Waals surface area contributed by atoms with Crippen LogP contribution in [0.4, 0.5) is 5.95 Å². The van der Waals surface area contributed by atoms with Crippen molar-refractivity contribution in [3.63, 3.8) is 0 Å². The molecule has 3 rings (SSSR count). The summed E-state index contributed by atoms with van der Waals surface area (Å²) in [4.78, 5) is 8.95. The largest absolute Gasteiger partial charge is 0.350 e. The summed E-state index contributed by atoms with van der Waals surface area (Å²) in [7, 11) is 0. The Bertz CT molecular complexity index is 747. The second kappa shape index (κ2) is 7.73. The van der Waals surface area contributed by atoms with E-state index in [0.29, 0.717) is 5.95 Å². The monoisotopic (exact) mass is 317 g/mol. The average molecular weight is 317 g/mol. The fourth-order valence-corrected chi connectivity index (χ4v) is 2.76. The van der Waals surface area contributed by atoms with Crippen molar-refractivity contribution in [1.82, 2.24) is 9.97 Å². The first-order valence-electron chi connectivity index (χ1n) is 8.36. The molecule has 3 aromatic rings. The van der Waals surface area contributed by atoms with Crippen molar-refractivity contribution < 1.29 is 0 Å². The van der Waals surface area contributed by atoms with E-state index in [2.05, 4.69) is 77.7 Å². The summed E-state index contributed by atoms with van der Waals surface area (Å²) in [5.41, 5.74) is 6.22. The topological polar surface area (TPSA) is 37.8 Å². The van der Waals surface area contributed by atoms with Crippen LogP contribution in [-0.2, 0) is 19.4 Å². The van der Waals surface area contributed by atoms with Gasteiger partial charge in [0.25, 0.3) is 0 Å². The summed E-state index contributed by atoms with van der Waals surface area (Å²) >= 11 is 0. The number of benzene rings is 2. The third kappa shape index (κ3) is 4.66. The highest BCUT2D eigenvalue weighted by Crippen LogP contribution is 2.10. The van der Waals surface area contributed by atoms with Crippen LogP contribution in [-0.4, -0.2) is 9.97 Å². The molecule has 2 aromatic carbocycles. The first kappa shape index (κ1) is 16.2. The maximum Gasteiger partial charge on any atom is 0.223 e. The average Bonchev–Trinajstić information content (AvgIpc) is 2.59. The van der Waals surface area contributed by atoms with Crippen molar-refractivity contribution in [1.29, 1.82) is 0 Å². The number of anilines is 1. The number of nitrogens with one attached hydrogen (secondary N) is 1. The van der Waals surface area contributed by atoms with E-state index in [4.69, 9.17) is 0 Å². The fourth-order valence-electron chi connectivity index (χ4n) is 2.76. The quantitative estimate of drug-likeness (QED) is 0.728. The normalized spacial score (nSPS) is 10.6. The minimum Gasteiger partial charge on any atom is -0.350 e. The van der Waals surface area contributed by atoms with Crippen molar-refractivity contribution in [2.45, 2.75) is 33.2 Å². The Balaban J connectivity index is 1.59. The van der Waals surface area contributed by atoms with Crippen LogP contribution in [0.15, 0.2) is 60.8 Å². The van der Waals surface area contributed by atoms with Gasteiger partial charge in [-0.3, -0.25) is 0 Å². The molecule has 0 fully saturated rings. The maximum atomic E-state index is 4.63. The van der Waals surface area contributed by atoms with Gasteiger partial charge in [0, 0.05) is 18.4 Å². The molecule has 1 N–H and O–H groups in total. The van der Waals surface area contributed by atoms with E-state index in [9.17, 15) is 0 Å². The Labute approximate surface area is 143 Å². The summed E-state index contributed by atoms with van der Waals surface area (Å²) in [6.45, 7) is 4.97. The third-order valence-corrected chi connectivity index (χ3v) is 4.00. The van der Waals surface area contributed by atoms with Crippen molar-refractivity contribution in [2.24, 2.45) is 0 Å². The van der Waals surface area contributed by atoms with E-state index in [1.807, 2.05) is 12.3 Å². The molecule has 0 saturated carbocycles. The second-order valence-corrected chi connectivity index (χ2v) is 6.20. The third-order valence-electron chi connectivity index (χ3n) is 4.00. The molecule has 0 aliphatic heterocycles. The number of aryl methyl sites for hydroxylation is 4. The summed E-state index contributed by atoms with van der Waals surface area (Å²) in [6.07, 6.45) is 3.75. The van der Waals surface area contributed by atoms with Gasteiger partial charge in [-0.05, 0) is 43.9 Å². The van der Waals surface area contributed by atoms with Gasteiger partial charge in [-0.1, -0.05) is 59.7 Å². The SMILES string of the molecule is Cc1cccc(CCc2ccnc(NCc3cccc(C)c3)n2)c1. The van der Waals surface area contributed by atoms with E-state index in [1.165, 1.54) is 22.3 Å². The summed E-state index contributed by atoms with van der Waals surface area (Å²) < 4.78 is 0. The van der Waals surface area contributed by atoms with Gasteiger partial charge in [-0.25, -0.2) is 9.97 Å². The van der Waals surface area contributed by atoms with Gasteiger partial charge in [0.2, 0.25) is 5.95 Å². The van der Waals surface area contributed by atoms with Gasteiger partial charge in [0.05, 0.1) is 0 Å². The van der Waals surface area contributed by atoms with Gasteiger partial charge < -0.3 is 5.32 Å². The highest BCUT2D eigenvalue weighted by Gasteiger charge is 2.01. The smallest absolute Gasteiger partial charge is 0.223 e. The number of rotatable bonds is 6. The number of hydrogen-bond donors (Lipinski definition) is 1. The molecule has 0 spiro atoms. The molecule has 122 valence electrons. The van der Waals surface area contributed by atoms with Crippen LogP contribution in [0.2, 0.25) is 0 Å². The molecule has 0 amide bonds. The zero-order valence-corrected chi connectivity index (χ0v) is 14.3. The lowest BCUT2D eigenvalue weighted by atomic mass is 10.1. The number of nitrogens with zero attached hydrogens (tertiary/aromatic N) is 2. The lowest BCUT2D eigenvalue weighted by molar-refractivity contribution is 0.895. The molecule has 0 aliphatic carbocycles. The highest BCUT2D eigenvalue weighted by atomic mass is 15.1. The summed E-state index contributed by atoms with van der Waals surface area (Å²) in [6, 6.07) is 19.1. The Hall–Kier alpha value is -2.68. The molecule has 0 atom stereocenters. The van der Waals surface area contributed by atoms with Crippen molar-refractivity contribution in [3.8, 4) is 0 Å². The van der Waals surface area contributed by atoms with Gasteiger partial charge in [0.1, 0.15) is 0 Å². The zero-order valence-electron chi connectivity index (χ0n) is 14.3. The van der Waals surface area contributed by atoms with Gasteiger partial charge in [0.15, 0.2) is 0 Å². The minimum absolute atomic E-state index is 0.693. The Morgan fingerprint density at radius 2 is 1.54 bits per heavy atom. The highest BCUT2D eigenvalue weighted by molar-refractivity contribution is 5.30. The first-order valence-corrected chi connectivity index (χ1v) is 8.36. The molecular formula is C21H23N3. The second-order valence-electron chi connectivity index (χ2n) is 6.20. The van der Waals surface area contributed by atoms with Crippen molar-refractivity contribution in [2.75, 3.05) is 5.32 Å². The van der Waals surface area contributed by atoms with Crippen LogP contribution in [0.1, 0.15) is 27.9 Å². The molecule has 0 saturated heterocycles. The van der Waals surface area contributed by atoms with E-state index in [1.54, 1.807) is 0 Å². The number of hydrogen-bond acceptors (Lipinski definition) is 3. The lowest BCUT2D eigenvalue weighted by Crippen LogP contribution is -2.05. The molecule has 24 heavy (non-hydrogen) atoms. The van der Waals surface area contributed by atoms with Crippen molar-refractivity contribution >= 4 is 5.95 Å². The van der Waals surface area contributed by atoms with E-state index in [-0.39, 0.29) is 0 Å². The van der Waals surface area contributed by atoms with Crippen LogP contribution < -0.4 is 5.32 Å². The molecule has 1 aromatic heterocycles. The molecular weight excluding hydrogens is 294 g/mol. The van der Waals surface area contributed by atoms with Gasteiger partial charge >= 0.3 is 0 Å². The minimum atomic E-state index is 0.693. The van der Waals surface area contributed by atoms with Crippen LogP contribution in [0.3, 0.4) is 0 Å². The fraction of sp³-hybridized carbons (Fsp3) is 0.238.